The molecule has 0 amide bonds. The molecule has 0 bridgehead atoms. The van der Waals surface area contributed by atoms with Crippen LogP contribution in [0.25, 0.3) is 0 Å². The molecular formula is C17H23NO2. The third-order valence-electron chi connectivity index (χ3n) is 3.25. The molecule has 0 radical (unpaired) electrons. The van der Waals surface area contributed by atoms with Gasteiger partial charge in [-0.2, -0.15) is 0 Å². The van der Waals surface area contributed by atoms with E-state index in [4.69, 9.17) is 9.15 Å². The van der Waals surface area contributed by atoms with E-state index in [1.165, 1.54) is 11.1 Å². The summed E-state index contributed by atoms with van der Waals surface area (Å²) in [6.07, 6.45) is 5.55. The van der Waals surface area contributed by atoms with E-state index in [-0.39, 0.29) is 6.04 Å². The molecule has 3 nitrogen and oxygen atoms in total. The van der Waals surface area contributed by atoms with Crippen LogP contribution in [-0.4, -0.2) is 13.2 Å². The Hall–Kier alpha value is -1.74. The van der Waals surface area contributed by atoms with Crippen LogP contribution in [0.3, 0.4) is 0 Å². The number of benzene rings is 1. The second-order valence-corrected chi connectivity index (χ2v) is 4.81. The number of rotatable bonds is 8. The average Bonchev–Trinajstić information content (AvgIpc) is 2.97. The molecule has 0 saturated carbocycles. The minimum Gasteiger partial charge on any atom is -0.494 e. The minimum atomic E-state index is 0.246. The number of furan rings is 1. The van der Waals surface area contributed by atoms with E-state index >= 15 is 0 Å². The first-order chi connectivity index (χ1) is 9.85. The van der Waals surface area contributed by atoms with Crippen LogP contribution < -0.4 is 10.1 Å². The van der Waals surface area contributed by atoms with Crippen molar-refractivity contribution < 1.29 is 9.15 Å². The molecule has 0 aliphatic carbocycles. The normalized spacial score (nSPS) is 12.3. The number of nitrogens with one attached hydrogen (secondary N) is 1. The second-order valence-electron chi connectivity index (χ2n) is 4.81. The van der Waals surface area contributed by atoms with Crippen molar-refractivity contribution in [2.24, 2.45) is 0 Å². The molecule has 20 heavy (non-hydrogen) atoms. The van der Waals surface area contributed by atoms with E-state index < -0.39 is 0 Å². The molecule has 0 aliphatic heterocycles. The van der Waals surface area contributed by atoms with Gasteiger partial charge in [0.05, 0.1) is 19.1 Å². The van der Waals surface area contributed by atoms with E-state index in [2.05, 4.69) is 24.4 Å². The number of hydrogen-bond donors (Lipinski definition) is 1. The molecule has 0 aliphatic rings. The largest absolute Gasteiger partial charge is 0.494 e. The van der Waals surface area contributed by atoms with Crippen molar-refractivity contribution in [3.05, 3.63) is 54.0 Å². The zero-order valence-corrected chi connectivity index (χ0v) is 12.3. The molecule has 1 aromatic carbocycles. The fraction of sp³-hybridized carbons (Fsp3) is 0.412. The third kappa shape index (κ3) is 3.87. The summed E-state index contributed by atoms with van der Waals surface area (Å²) in [5, 5.41) is 3.60. The van der Waals surface area contributed by atoms with Crippen molar-refractivity contribution in [1.29, 1.82) is 0 Å². The van der Waals surface area contributed by atoms with E-state index in [1.54, 1.807) is 6.26 Å². The van der Waals surface area contributed by atoms with Crippen LogP contribution in [0.2, 0.25) is 0 Å². The van der Waals surface area contributed by atoms with Gasteiger partial charge in [0, 0.05) is 11.6 Å². The van der Waals surface area contributed by atoms with E-state index in [1.807, 2.05) is 31.4 Å². The van der Waals surface area contributed by atoms with Gasteiger partial charge in [-0.1, -0.05) is 25.1 Å². The minimum absolute atomic E-state index is 0.246. The van der Waals surface area contributed by atoms with Crippen molar-refractivity contribution >= 4 is 0 Å². The third-order valence-corrected chi connectivity index (χ3v) is 3.25. The highest BCUT2D eigenvalue weighted by Crippen LogP contribution is 2.28. The molecule has 108 valence electrons. The van der Waals surface area contributed by atoms with Crippen molar-refractivity contribution in [1.82, 2.24) is 5.32 Å². The standard InChI is InChI=1S/C17H23NO2/c1-3-10-18-16(12-14-9-11-19-13-14)15-7-5-6-8-17(15)20-4-2/h5-9,11,13,16,18H,3-4,10,12H2,1-2H3. The number of ether oxygens (including phenoxy) is 1. The van der Waals surface area contributed by atoms with Gasteiger partial charge >= 0.3 is 0 Å². The van der Waals surface area contributed by atoms with Crippen molar-refractivity contribution in [3.8, 4) is 5.75 Å². The van der Waals surface area contributed by atoms with Gasteiger partial charge in [0.2, 0.25) is 0 Å². The number of hydrogen-bond acceptors (Lipinski definition) is 3. The lowest BCUT2D eigenvalue weighted by molar-refractivity contribution is 0.331. The van der Waals surface area contributed by atoms with Gasteiger partial charge in [0.25, 0.3) is 0 Å². The van der Waals surface area contributed by atoms with E-state index in [0.717, 1.165) is 25.1 Å². The van der Waals surface area contributed by atoms with Gasteiger partial charge in [-0.15, -0.1) is 0 Å². The maximum Gasteiger partial charge on any atom is 0.124 e. The summed E-state index contributed by atoms with van der Waals surface area (Å²) < 4.78 is 10.9. The van der Waals surface area contributed by atoms with Crippen LogP contribution in [0.4, 0.5) is 0 Å². The zero-order chi connectivity index (χ0) is 14.2. The quantitative estimate of drug-likeness (QED) is 0.790. The maximum atomic E-state index is 5.75. The Kier molecular flexibility index (Phi) is 5.69. The Morgan fingerprint density at radius 1 is 1.20 bits per heavy atom. The summed E-state index contributed by atoms with van der Waals surface area (Å²) in [5.41, 5.74) is 2.41. The highest BCUT2D eigenvalue weighted by atomic mass is 16.5. The van der Waals surface area contributed by atoms with Crippen molar-refractivity contribution in [2.45, 2.75) is 32.7 Å². The molecule has 2 aromatic rings. The molecule has 1 aromatic heterocycles. The molecular weight excluding hydrogens is 250 g/mol. The van der Waals surface area contributed by atoms with Crippen LogP contribution in [0.15, 0.2) is 47.3 Å². The van der Waals surface area contributed by atoms with E-state index in [0.29, 0.717) is 6.61 Å². The molecule has 1 atom stereocenters. The zero-order valence-electron chi connectivity index (χ0n) is 12.3. The highest BCUT2D eigenvalue weighted by molar-refractivity contribution is 5.37. The van der Waals surface area contributed by atoms with Gasteiger partial charge in [0.1, 0.15) is 5.75 Å². The molecule has 1 heterocycles. The second kappa shape index (κ2) is 7.75. The topological polar surface area (TPSA) is 34.4 Å². The molecule has 1 unspecified atom stereocenters. The fourth-order valence-electron chi connectivity index (χ4n) is 2.31. The van der Waals surface area contributed by atoms with Crippen LogP contribution in [0, 0.1) is 0 Å². The highest BCUT2D eigenvalue weighted by Gasteiger charge is 2.16. The Labute approximate surface area is 121 Å². The lowest BCUT2D eigenvalue weighted by Gasteiger charge is -2.21. The summed E-state index contributed by atoms with van der Waals surface area (Å²) in [7, 11) is 0. The lowest BCUT2D eigenvalue weighted by Crippen LogP contribution is -2.24. The van der Waals surface area contributed by atoms with Crippen molar-refractivity contribution in [3.63, 3.8) is 0 Å². The summed E-state index contributed by atoms with van der Waals surface area (Å²) in [5.74, 6) is 0.965. The van der Waals surface area contributed by atoms with Crippen molar-refractivity contribution in [2.75, 3.05) is 13.2 Å². The van der Waals surface area contributed by atoms with Crippen LogP contribution >= 0.6 is 0 Å². The molecule has 2 rings (SSSR count). The first-order valence-corrected chi connectivity index (χ1v) is 7.31. The Morgan fingerprint density at radius 3 is 2.75 bits per heavy atom. The monoisotopic (exact) mass is 273 g/mol. The molecule has 0 fully saturated rings. The van der Waals surface area contributed by atoms with Gasteiger partial charge in [-0.05, 0) is 44.0 Å². The average molecular weight is 273 g/mol. The van der Waals surface area contributed by atoms with Crippen LogP contribution in [0.5, 0.6) is 5.75 Å². The van der Waals surface area contributed by atoms with Gasteiger partial charge in [-0.3, -0.25) is 0 Å². The summed E-state index contributed by atoms with van der Waals surface area (Å²) in [6, 6.07) is 10.5. The molecule has 0 spiro atoms. The Bertz CT molecular complexity index is 493. The Balaban J connectivity index is 2.20. The van der Waals surface area contributed by atoms with Gasteiger partial charge < -0.3 is 14.5 Å². The smallest absolute Gasteiger partial charge is 0.124 e. The lowest BCUT2D eigenvalue weighted by atomic mass is 9.99. The summed E-state index contributed by atoms with van der Waals surface area (Å²) >= 11 is 0. The molecule has 0 saturated heterocycles. The Morgan fingerprint density at radius 2 is 2.05 bits per heavy atom. The first-order valence-electron chi connectivity index (χ1n) is 7.31. The maximum absolute atomic E-state index is 5.75. The van der Waals surface area contributed by atoms with Crippen LogP contribution in [-0.2, 0) is 6.42 Å². The first kappa shape index (κ1) is 14.7. The molecule has 1 N–H and O–H groups in total. The van der Waals surface area contributed by atoms with Crippen LogP contribution in [0.1, 0.15) is 37.4 Å². The van der Waals surface area contributed by atoms with Gasteiger partial charge in [0.15, 0.2) is 0 Å². The summed E-state index contributed by atoms with van der Waals surface area (Å²) in [4.78, 5) is 0. The van der Waals surface area contributed by atoms with E-state index in [9.17, 15) is 0 Å². The number of para-hydroxylation sites is 1. The molecule has 3 heteroatoms. The summed E-state index contributed by atoms with van der Waals surface area (Å²) in [6.45, 7) is 5.86. The SMILES string of the molecule is CCCNC(Cc1ccoc1)c1ccccc1OCC. The predicted octanol–water partition coefficient (Wildman–Crippen LogP) is 3.96. The fourth-order valence-corrected chi connectivity index (χ4v) is 2.31. The predicted molar refractivity (Wildman–Crippen MR) is 81.1 cm³/mol. The van der Waals surface area contributed by atoms with Gasteiger partial charge in [-0.25, -0.2) is 0 Å².